The number of hydrogen-bond acceptors (Lipinski definition) is 3. The molecule has 0 unspecified atom stereocenters. The lowest BCUT2D eigenvalue weighted by Gasteiger charge is -2.36. The van der Waals surface area contributed by atoms with E-state index in [1.807, 2.05) is 24.4 Å². The second-order valence-electron chi connectivity index (χ2n) is 5.11. The second-order valence-corrected chi connectivity index (χ2v) is 5.81. The molecule has 0 spiro atoms. The van der Waals surface area contributed by atoms with E-state index in [-0.39, 0.29) is 0 Å². The SMILES string of the molecule is ClCc1ccc(N2CCN(c3ccc(Cl)cc3)CC2)nc1. The van der Waals surface area contributed by atoms with Crippen molar-refractivity contribution in [2.75, 3.05) is 36.0 Å². The zero-order valence-electron chi connectivity index (χ0n) is 11.7. The van der Waals surface area contributed by atoms with Gasteiger partial charge < -0.3 is 9.80 Å². The number of benzene rings is 1. The standard InChI is InChI=1S/C16H17Cl2N3/c17-11-13-1-6-16(19-12-13)21-9-7-20(8-10-21)15-4-2-14(18)3-5-15/h1-6,12H,7-11H2. The Morgan fingerprint density at radius 2 is 1.57 bits per heavy atom. The van der Waals surface area contributed by atoms with E-state index < -0.39 is 0 Å². The van der Waals surface area contributed by atoms with Crippen LogP contribution in [0.15, 0.2) is 42.6 Å². The van der Waals surface area contributed by atoms with Crippen LogP contribution >= 0.6 is 23.2 Å². The van der Waals surface area contributed by atoms with Crippen LogP contribution in [0.1, 0.15) is 5.56 Å². The highest BCUT2D eigenvalue weighted by molar-refractivity contribution is 6.30. The summed E-state index contributed by atoms with van der Waals surface area (Å²) in [6.07, 6.45) is 1.86. The number of hydrogen-bond donors (Lipinski definition) is 0. The number of aromatic nitrogens is 1. The first-order valence-electron chi connectivity index (χ1n) is 7.02. The number of piperazine rings is 1. The normalized spacial score (nSPS) is 15.3. The number of nitrogens with zero attached hydrogens (tertiary/aromatic N) is 3. The second kappa shape index (κ2) is 6.54. The van der Waals surface area contributed by atoms with Crippen LogP contribution in [0.4, 0.5) is 11.5 Å². The van der Waals surface area contributed by atoms with Gasteiger partial charge in [-0.1, -0.05) is 17.7 Å². The van der Waals surface area contributed by atoms with E-state index in [4.69, 9.17) is 23.2 Å². The van der Waals surface area contributed by atoms with Gasteiger partial charge in [0.2, 0.25) is 0 Å². The van der Waals surface area contributed by atoms with E-state index in [0.29, 0.717) is 5.88 Å². The maximum Gasteiger partial charge on any atom is 0.128 e. The molecule has 0 bridgehead atoms. The van der Waals surface area contributed by atoms with E-state index in [1.54, 1.807) is 0 Å². The lowest BCUT2D eigenvalue weighted by molar-refractivity contribution is 0.647. The Balaban J connectivity index is 1.62. The molecule has 0 aliphatic carbocycles. The zero-order chi connectivity index (χ0) is 14.7. The third-order valence-corrected chi connectivity index (χ3v) is 4.32. The molecule has 2 heterocycles. The summed E-state index contributed by atoms with van der Waals surface area (Å²) in [5, 5.41) is 0.779. The van der Waals surface area contributed by atoms with Gasteiger partial charge in [0, 0.05) is 49.0 Å². The van der Waals surface area contributed by atoms with Gasteiger partial charge in [-0.05, 0) is 35.9 Å². The van der Waals surface area contributed by atoms with Crippen molar-refractivity contribution >= 4 is 34.7 Å². The summed E-state index contributed by atoms with van der Waals surface area (Å²) in [6, 6.07) is 12.1. The third-order valence-electron chi connectivity index (χ3n) is 3.76. The smallest absolute Gasteiger partial charge is 0.128 e. The molecule has 3 nitrogen and oxygen atoms in total. The maximum atomic E-state index is 5.93. The summed E-state index contributed by atoms with van der Waals surface area (Å²) in [5.74, 6) is 1.54. The number of alkyl halides is 1. The van der Waals surface area contributed by atoms with Gasteiger partial charge in [0.1, 0.15) is 5.82 Å². The van der Waals surface area contributed by atoms with Crippen LogP contribution in [0.2, 0.25) is 5.02 Å². The van der Waals surface area contributed by atoms with Crippen molar-refractivity contribution in [3.8, 4) is 0 Å². The molecule has 3 rings (SSSR count). The largest absolute Gasteiger partial charge is 0.368 e. The Kier molecular flexibility index (Phi) is 4.51. The summed E-state index contributed by atoms with van der Waals surface area (Å²) < 4.78 is 0. The first kappa shape index (κ1) is 14.5. The Morgan fingerprint density at radius 1 is 0.905 bits per heavy atom. The van der Waals surface area contributed by atoms with Crippen molar-refractivity contribution in [3.05, 3.63) is 53.2 Å². The molecule has 1 aliphatic heterocycles. The highest BCUT2D eigenvalue weighted by atomic mass is 35.5. The quantitative estimate of drug-likeness (QED) is 0.801. The zero-order valence-corrected chi connectivity index (χ0v) is 13.2. The molecule has 1 fully saturated rings. The van der Waals surface area contributed by atoms with E-state index in [2.05, 4.69) is 33.0 Å². The van der Waals surface area contributed by atoms with Gasteiger partial charge in [-0.2, -0.15) is 0 Å². The molecule has 1 aliphatic rings. The summed E-state index contributed by atoms with van der Waals surface area (Å²) in [6.45, 7) is 3.91. The van der Waals surface area contributed by atoms with Crippen molar-refractivity contribution < 1.29 is 0 Å². The molecule has 110 valence electrons. The average molecular weight is 322 g/mol. The first-order valence-corrected chi connectivity index (χ1v) is 7.94. The van der Waals surface area contributed by atoms with Gasteiger partial charge >= 0.3 is 0 Å². The van der Waals surface area contributed by atoms with Gasteiger partial charge in [-0.25, -0.2) is 4.98 Å². The van der Waals surface area contributed by atoms with Crippen LogP contribution < -0.4 is 9.80 Å². The van der Waals surface area contributed by atoms with Crippen LogP contribution in [-0.2, 0) is 5.88 Å². The van der Waals surface area contributed by atoms with E-state index in [0.717, 1.165) is 42.6 Å². The molecule has 5 heteroatoms. The average Bonchev–Trinajstić information content (AvgIpc) is 2.56. The minimum atomic E-state index is 0.512. The minimum absolute atomic E-state index is 0.512. The highest BCUT2D eigenvalue weighted by Crippen LogP contribution is 2.21. The highest BCUT2D eigenvalue weighted by Gasteiger charge is 2.18. The molecule has 0 N–H and O–H groups in total. The molecule has 0 saturated carbocycles. The van der Waals surface area contributed by atoms with Crippen molar-refractivity contribution in [1.29, 1.82) is 0 Å². The van der Waals surface area contributed by atoms with Crippen LogP contribution in [-0.4, -0.2) is 31.2 Å². The fourth-order valence-electron chi connectivity index (χ4n) is 2.53. The lowest BCUT2D eigenvalue weighted by atomic mass is 10.2. The van der Waals surface area contributed by atoms with E-state index >= 15 is 0 Å². The van der Waals surface area contributed by atoms with Crippen molar-refractivity contribution in [1.82, 2.24) is 4.98 Å². The minimum Gasteiger partial charge on any atom is -0.368 e. The summed E-state index contributed by atoms with van der Waals surface area (Å²) in [7, 11) is 0. The third kappa shape index (κ3) is 3.42. The van der Waals surface area contributed by atoms with Gasteiger partial charge in [-0.15, -0.1) is 11.6 Å². The van der Waals surface area contributed by atoms with Gasteiger partial charge in [0.05, 0.1) is 0 Å². The number of pyridine rings is 1. The van der Waals surface area contributed by atoms with Crippen molar-refractivity contribution in [3.63, 3.8) is 0 Å². The molecule has 0 atom stereocenters. The molecule has 0 amide bonds. The van der Waals surface area contributed by atoms with Gasteiger partial charge in [0.25, 0.3) is 0 Å². The van der Waals surface area contributed by atoms with Crippen molar-refractivity contribution in [2.45, 2.75) is 5.88 Å². The first-order chi connectivity index (χ1) is 10.3. The van der Waals surface area contributed by atoms with E-state index in [1.165, 1.54) is 5.69 Å². The lowest BCUT2D eigenvalue weighted by Crippen LogP contribution is -2.46. The Morgan fingerprint density at radius 3 is 2.14 bits per heavy atom. The number of halogens is 2. The number of anilines is 2. The summed E-state index contributed by atoms with van der Waals surface area (Å²) in [5.41, 5.74) is 2.28. The molecule has 2 aromatic rings. The Bertz CT molecular complexity index is 575. The molecule has 1 saturated heterocycles. The van der Waals surface area contributed by atoms with Crippen molar-refractivity contribution in [2.24, 2.45) is 0 Å². The number of rotatable bonds is 3. The predicted molar refractivity (Wildman–Crippen MR) is 89.7 cm³/mol. The predicted octanol–water partition coefficient (Wildman–Crippen LogP) is 3.80. The monoisotopic (exact) mass is 321 g/mol. The summed E-state index contributed by atoms with van der Waals surface area (Å²) in [4.78, 5) is 9.17. The molecule has 1 aromatic carbocycles. The molecular formula is C16H17Cl2N3. The van der Waals surface area contributed by atoms with Crippen LogP contribution in [0.3, 0.4) is 0 Å². The molecule has 1 aromatic heterocycles. The van der Waals surface area contributed by atoms with Crippen LogP contribution in [0.25, 0.3) is 0 Å². The fourth-order valence-corrected chi connectivity index (χ4v) is 2.81. The maximum absolute atomic E-state index is 5.93. The molecule has 21 heavy (non-hydrogen) atoms. The van der Waals surface area contributed by atoms with Gasteiger partial charge in [-0.3, -0.25) is 0 Å². The van der Waals surface area contributed by atoms with E-state index in [9.17, 15) is 0 Å². The molecular weight excluding hydrogens is 305 g/mol. The molecule has 0 radical (unpaired) electrons. The summed E-state index contributed by atoms with van der Waals surface area (Å²) >= 11 is 11.7. The van der Waals surface area contributed by atoms with Crippen LogP contribution in [0, 0.1) is 0 Å². The van der Waals surface area contributed by atoms with Gasteiger partial charge in [0.15, 0.2) is 0 Å². The fraction of sp³-hybridized carbons (Fsp3) is 0.312. The Labute approximate surface area is 135 Å². The topological polar surface area (TPSA) is 19.4 Å². The Hall–Kier alpha value is -1.45. The van der Waals surface area contributed by atoms with Crippen LogP contribution in [0.5, 0.6) is 0 Å².